The zero-order valence-corrected chi connectivity index (χ0v) is 10.6. The van der Waals surface area contributed by atoms with Crippen molar-refractivity contribution in [3.63, 3.8) is 0 Å². The van der Waals surface area contributed by atoms with Crippen LogP contribution >= 0.6 is 11.6 Å². The third kappa shape index (κ3) is 2.20. The first-order chi connectivity index (χ1) is 9.25. The highest BCUT2D eigenvalue weighted by Gasteiger charge is 2.13. The second kappa shape index (κ2) is 4.78. The van der Waals surface area contributed by atoms with Gasteiger partial charge in [-0.25, -0.2) is 4.98 Å². The monoisotopic (exact) mass is 268 g/mol. The van der Waals surface area contributed by atoms with Crippen LogP contribution in [0.15, 0.2) is 55.0 Å². The van der Waals surface area contributed by atoms with Gasteiger partial charge in [-0.1, -0.05) is 35.9 Å². The smallest absolute Gasteiger partial charge is 0.195 e. The molecule has 0 bridgehead atoms. The Labute approximate surface area is 114 Å². The molecule has 0 unspecified atom stereocenters. The molecule has 2 heterocycles. The SMILES string of the molecule is O=C(c1ccnc(Cl)c1)c1cncc2ccccc12. The Hall–Kier alpha value is -2.26. The average molecular weight is 269 g/mol. The summed E-state index contributed by atoms with van der Waals surface area (Å²) in [6.45, 7) is 0. The standard InChI is InChI=1S/C15H9ClN2O/c16-14-7-10(5-6-18-14)15(19)13-9-17-8-11-3-1-2-4-12(11)13/h1-9H. The highest BCUT2D eigenvalue weighted by molar-refractivity contribution is 6.30. The van der Waals surface area contributed by atoms with Gasteiger partial charge in [-0.2, -0.15) is 0 Å². The Kier molecular flexibility index (Phi) is 2.97. The van der Waals surface area contributed by atoms with E-state index in [0.717, 1.165) is 10.8 Å². The maximum Gasteiger partial charge on any atom is 0.195 e. The van der Waals surface area contributed by atoms with Gasteiger partial charge in [-0.3, -0.25) is 9.78 Å². The van der Waals surface area contributed by atoms with Gasteiger partial charge < -0.3 is 0 Å². The van der Waals surface area contributed by atoms with E-state index in [9.17, 15) is 4.79 Å². The fourth-order valence-corrected chi connectivity index (χ4v) is 2.17. The topological polar surface area (TPSA) is 42.9 Å². The van der Waals surface area contributed by atoms with Gasteiger partial charge in [0.25, 0.3) is 0 Å². The molecule has 2 aromatic heterocycles. The van der Waals surface area contributed by atoms with Crippen LogP contribution in [0, 0.1) is 0 Å². The lowest BCUT2D eigenvalue weighted by molar-refractivity contribution is 0.104. The van der Waals surface area contributed by atoms with Crippen molar-refractivity contribution in [2.75, 3.05) is 0 Å². The van der Waals surface area contributed by atoms with Gasteiger partial charge >= 0.3 is 0 Å². The van der Waals surface area contributed by atoms with Crippen LogP contribution in [0.4, 0.5) is 0 Å². The maximum absolute atomic E-state index is 12.5. The van der Waals surface area contributed by atoms with Crippen LogP contribution in [0.2, 0.25) is 5.15 Å². The van der Waals surface area contributed by atoms with Crippen molar-refractivity contribution in [2.24, 2.45) is 0 Å². The molecule has 0 atom stereocenters. The van der Waals surface area contributed by atoms with E-state index in [0.29, 0.717) is 16.3 Å². The Balaban J connectivity index is 2.17. The summed E-state index contributed by atoms with van der Waals surface area (Å²) < 4.78 is 0. The second-order valence-corrected chi connectivity index (χ2v) is 4.49. The Morgan fingerprint density at radius 2 is 1.95 bits per heavy atom. The van der Waals surface area contributed by atoms with Gasteiger partial charge in [0.05, 0.1) is 0 Å². The van der Waals surface area contributed by atoms with Crippen LogP contribution in [0.3, 0.4) is 0 Å². The van der Waals surface area contributed by atoms with E-state index < -0.39 is 0 Å². The average Bonchev–Trinajstić information content (AvgIpc) is 2.46. The quantitative estimate of drug-likeness (QED) is 0.528. The summed E-state index contributed by atoms with van der Waals surface area (Å²) in [4.78, 5) is 20.5. The molecule has 3 aromatic rings. The van der Waals surface area contributed by atoms with E-state index in [1.165, 1.54) is 6.20 Å². The minimum absolute atomic E-state index is 0.103. The molecule has 0 aliphatic rings. The number of aromatic nitrogens is 2. The lowest BCUT2D eigenvalue weighted by Crippen LogP contribution is -2.03. The van der Waals surface area contributed by atoms with Gasteiger partial charge in [-0.15, -0.1) is 0 Å². The first kappa shape index (κ1) is 11.8. The molecule has 0 aliphatic carbocycles. The number of hydrogen-bond donors (Lipinski definition) is 0. The van der Waals surface area contributed by atoms with Crippen LogP contribution in [-0.4, -0.2) is 15.8 Å². The number of rotatable bonds is 2. The molecule has 3 nitrogen and oxygen atoms in total. The molecule has 4 heteroatoms. The summed E-state index contributed by atoms with van der Waals surface area (Å²) in [5.41, 5.74) is 1.08. The number of fused-ring (bicyclic) bond motifs is 1. The number of hydrogen-bond acceptors (Lipinski definition) is 3. The molecule has 19 heavy (non-hydrogen) atoms. The third-order valence-electron chi connectivity index (χ3n) is 2.90. The van der Waals surface area contributed by atoms with E-state index in [1.54, 1.807) is 24.5 Å². The van der Waals surface area contributed by atoms with E-state index in [4.69, 9.17) is 11.6 Å². The Morgan fingerprint density at radius 1 is 1.11 bits per heavy atom. The van der Waals surface area contributed by atoms with Gasteiger partial charge in [-0.05, 0) is 17.5 Å². The molecule has 92 valence electrons. The van der Waals surface area contributed by atoms with Crippen LogP contribution in [0.5, 0.6) is 0 Å². The lowest BCUT2D eigenvalue weighted by Gasteiger charge is -2.05. The van der Waals surface area contributed by atoms with E-state index in [1.807, 2.05) is 24.3 Å². The van der Waals surface area contributed by atoms with Crippen LogP contribution in [-0.2, 0) is 0 Å². The summed E-state index contributed by atoms with van der Waals surface area (Å²) >= 11 is 5.82. The highest BCUT2D eigenvalue weighted by Crippen LogP contribution is 2.20. The number of nitrogens with zero attached hydrogens (tertiary/aromatic N) is 2. The first-order valence-electron chi connectivity index (χ1n) is 5.75. The van der Waals surface area contributed by atoms with Crippen molar-refractivity contribution in [3.05, 3.63) is 71.3 Å². The molecule has 3 rings (SSSR count). The summed E-state index contributed by atoms with van der Waals surface area (Å²) in [5, 5.41) is 2.13. The number of pyridine rings is 2. The summed E-state index contributed by atoms with van der Waals surface area (Å²) in [5.74, 6) is -0.103. The van der Waals surface area contributed by atoms with Crippen molar-refractivity contribution in [2.45, 2.75) is 0 Å². The number of benzene rings is 1. The normalized spacial score (nSPS) is 10.6. The number of carbonyl (C=O) groups excluding carboxylic acids is 1. The van der Waals surface area contributed by atoms with Gasteiger partial charge in [0.1, 0.15) is 5.15 Å². The zero-order valence-electron chi connectivity index (χ0n) is 9.88. The fourth-order valence-electron chi connectivity index (χ4n) is 2.00. The summed E-state index contributed by atoms with van der Waals surface area (Å²) in [7, 11) is 0. The number of carbonyl (C=O) groups is 1. The van der Waals surface area contributed by atoms with Crippen LogP contribution in [0.25, 0.3) is 10.8 Å². The summed E-state index contributed by atoms with van der Waals surface area (Å²) in [6, 6.07) is 10.9. The fraction of sp³-hybridized carbons (Fsp3) is 0. The predicted octanol–water partition coefficient (Wildman–Crippen LogP) is 3.51. The molecular weight excluding hydrogens is 260 g/mol. The van der Waals surface area contributed by atoms with Gasteiger partial charge in [0.15, 0.2) is 5.78 Å². The zero-order chi connectivity index (χ0) is 13.2. The van der Waals surface area contributed by atoms with Gasteiger partial charge in [0.2, 0.25) is 0 Å². The van der Waals surface area contributed by atoms with Crippen LogP contribution < -0.4 is 0 Å². The molecule has 0 amide bonds. The highest BCUT2D eigenvalue weighted by atomic mass is 35.5. The molecule has 0 spiro atoms. The summed E-state index contributed by atoms with van der Waals surface area (Å²) in [6.07, 6.45) is 4.85. The maximum atomic E-state index is 12.5. The van der Waals surface area contributed by atoms with Crippen LogP contribution in [0.1, 0.15) is 15.9 Å². The van der Waals surface area contributed by atoms with Gasteiger partial charge in [0, 0.05) is 35.1 Å². The second-order valence-electron chi connectivity index (χ2n) is 4.10. The molecule has 0 saturated heterocycles. The van der Waals surface area contributed by atoms with Crippen molar-refractivity contribution in [1.29, 1.82) is 0 Å². The number of halogens is 1. The first-order valence-corrected chi connectivity index (χ1v) is 6.12. The minimum atomic E-state index is -0.103. The lowest BCUT2D eigenvalue weighted by atomic mass is 10.0. The third-order valence-corrected chi connectivity index (χ3v) is 3.11. The largest absolute Gasteiger partial charge is 0.289 e. The van der Waals surface area contributed by atoms with E-state index in [-0.39, 0.29) is 5.78 Å². The van der Waals surface area contributed by atoms with Crippen molar-refractivity contribution >= 4 is 28.2 Å². The molecule has 0 aliphatic heterocycles. The minimum Gasteiger partial charge on any atom is -0.289 e. The van der Waals surface area contributed by atoms with E-state index in [2.05, 4.69) is 9.97 Å². The Morgan fingerprint density at radius 3 is 2.79 bits per heavy atom. The van der Waals surface area contributed by atoms with E-state index >= 15 is 0 Å². The van der Waals surface area contributed by atoms with Crippen molar-refractivity contribution < 1.29 is 4.79 Å². The molecule has 0 N–H and O–H groups in total. The molecular formula is C15H9ClN2O. The molecule has 1 aromatic carbocycles. The molecule has 0 saturated carbocycles. The molecule has 0 fully saturated rings. The Bertz CT molecular complexity index is 765. The van der Waals surface area contributed by atoms with Crippen molar-refractivity contribution in [1.82, 2.24) is 9.97 Å². The van der Waals surface area contributed by atoms with Crippen molar-refractivity contribution in [3.8, 4) is 0 Å². The predicted molar refractivity (Wildman–Crippen MR) is 74.4 cm³/mol. The molecule has 0 radical (unpaired) electrons. The number of ketones is 1.